The third-order valence-corrected chi connectivity index (χ3v) is 4.42. The van der Waals surface area contributed by atoms with Crippen LogP contribution in [-0.2, 0) is 0 Å². The lowest BCUT2D eigenvalue weighted by Crippen LogP contribution is -2.30. The van der Waals surface area contributed by atoms with E-state index >= 15 is 0 Å². The van der Waals surface area contributed by atoms with Crippen LogP contribution in [0, 0.1) is 12.8 Å². The monoisotopic (exact) mass is 302 g/mol. The summed E-state index contributed by atoms with van der Waals surface area (Å²) in [6.45, 7) is 1.97. The standard InChI is InChI=1S/C15H18N4OS/c1-9-4-3-5-11(17-9)13(10-6-7-10)19-14(20)12-8-21-15(16-2)18-12/h3-5,8,10,13H,6-7H2,1-2H3,(H,16,18)(H,19,20). The molecule has 21 heavy (non-hydrogen) atoms. The van der Waals surface area contributed by atoms with Gasteiger partial charge in [0.2, 0.25) is 0 Å². The summed E-state index contributed by atoms with van der Waals surface area (Å²) >= 11 is 1.43. The molecular weight excluding hydrogens is 284 g/mol. The lowest BCUT2D eigenvalue weighted by Gasteiger charge is -2.17. The lowest BCUT2D eigenvalue weighted by molar-refractivity contribution is 0.0926. The molecule has 1 atom stereocenters. The average molecular weight is 302 g/mol. The number of nitrogens with one attached hydrogen (secondary N) is 2. The summed E-state index contributed by atoms with van der Waals surface area (Å²) in [6, 6.07) is 5.92. The maximum atomic E-state index is 12.4. The molecule has 3 rings (SSSR count). The van der Waals surface area contributed by atoms with Gasteiger partial charge in [0.25, 0.3) is 5.91 Å². The molecule has 2 aromatic rings. The second-order valence-corrected chi connectivity index (χ2v) is 6.14. The summed E-state index contributed by atoms with van der Waals surface area (Å²) in [7, 11) is 1.80. The SMILES string of the molecule is CNc1nc(C(=O)NC(c2cccc(C)n2)C2CC2)cs1. The number of hydrogen-bond acceptors (Lipinski definition) is 5. The molecule has 0 bridgehead atoms. The molecule has 6 heteroatoms. The Labute approximate surface area is 127 Å². The predicted octanol–water partition coefficient (Wildman–Crippen LogP) is 2.77. The fraction of sp³-hybridized carbons (Fsp3) is 0.400. The second kappa shape index (κ2) is 5.81. The Kier molecular flexibility index (Phi) is 3.88. The van der Waals surface area contributed by atoms with Crippen LogP contribution in [0.5, 0.6) is 0 Å². The van der Waals surface area contributed by atoms with Gasteiger partial charge < -0.3 is 10.6 Å². The Morgan fingerprint density at radius 3 is 2.81 bits per heavy atom. The molecule has 1 amide bonds. The molecule has 2 N–H and O–H groups in total. The van der Waals surface area contributed by atoms with Crippen LogP contribution < -0.4 is 10.6 Å². The van der Waals surface area contributed by atoms with E-state index in [1.54, 1.807) is 12.4 Å². The Balaban J connectivity index is 1.77. The smallest absolute Gasteiger partial charge is 0.271 e. The van der Waals surface area contributed by atoms with Crippen LogP contribution in [0.1, 0.15) is 40.8 Å². The van der Waals surface area contributed by atoms with Gasteiger partial charge in [-0.25, -0.2) is 4.98 Å². The number of aryl methyl sites for hydroxylation is 1. The minimum absolute atomic E-state index is 0.0165. The van der Waals surface area contributed by atoms with Crippen LogP contribution >= 0.6 is 11.3 Å². The molecule has 0 spiro atoms. The molecule has 0 aromatic carbocycles. The Bertz CT molecular complexity index is 651. The summed E-state index contributed by atoms with van der Waals surface area (Å²) in [5.41, 5.74) is 2.37. The lowest BCUT2D eigenvalue weighted by atomic mass is 10.1. The first-order chi connectivity index (χ1) is 10.2. The van der Waals surface area contributed by atoms with Gasteiger partial charge >= 0.3 is 0 Å². The molecule has 1 aliphatic carbocycles. The van der Waals surface area contributed by atoms with E-state index in [1.165, 1.54) is 11.3 Å². The van der Waals surface area contributed by atoms with Crippen LogP contribution in [0.4, 0.5) is 5.13 Å². The largest absolute Gasteiger partial charge is 0.365 e. The first kappa shape index (κ1) is 14.0. The van der Waals surface area contributed by atoms with Gasteiger partial charge in [0.15, 0.2) is 5.13 Å². The average Bonchev–Trinajstić information content (AvgIpc) is 3.20. The maximum Gasteiger partial charge on any atom is 0.271 e. The van der Waals surface area contributed by atoms with E-state index in [1.807, 2.05) is 25.1 Å². The van der Waals surface area contributed by atoms with Crippen molar-refractivity contribution in [3.8, 4) is 0 Å². The number of carbonyl (C=O) groups excluding carboxylic acids is 1. The molecule has 1 unspecified atom stereocenters. The van der Waals surface area contributed by atoms with Crippen molar-refractivity contribution in [2.75, 3.05) is 12.4 Å². The fourth-order valence-electron chi connectivity index (χ4n) is 2.31. The summed E-state index contributed by atoms with van der Waals surface area (Å²) in [5, 5.41) is 8.56. The third-order valence-electron chi connectivity index (χ3n) is 3.56. The van der Waals surface area contributed by atoms with Gasteiger partial charge in [-0.1, -0.05) is 6.07 Å². The molecule has 0 aliphatic heterocycles. The fourth-order valence-corrected chi connectivity index (χ4v) is 2.96. The van der Waals surface area contributed by atoms with E-state index < -0.39 is 0 Å². The van der Waals surface area contributed by atoms with Crippen molar-refractivity contribution in [3.63, 3.8) is 0 Å². The first-order valence-electron chi connectivity index (χ1n) is 7.05. The van der Waals surface area contributed by atoms with Crippen molar-refractivity contribution < 1.29 is 4.79 Å². The van der Waals surface area contributed by atoms with Crippen molar-refractivity contribution in [1.82, 2.24) is 15.3 Å². The van der Waals surface area contributed by atoms with E-state index in [4.69, 9.17) is 0 Å². The van der Waals surface area contributed by atoms with Crippen molar-refractivity contribution in [1.29, 1.82) is 0 Å². The maximum absolute atomic E-state index is 12.4. The molecule has 110 valence electrons. The van der Waals surface area contributed by atoms with Gasteiger partial charge in [0, 0.05) is 18.1 Å². The zero-order valence-corrected chi connectivity index (χ0v) is 12.9. The molecule has 0 radical (unpaired) electrons. The Morgan fingerprint density at radius 2 is 2.19 bits per heavy atom. The molecule has 1 saturated carbocycles. The molecule has 1 fully saturated rings. The third kappa shape index (κ3) is 3.21. The molecule has 2 aromatic heterocycles. The van der Waals surface area contributed by atoms with Gasteiger partial charge in [-0.3, -0.25) is 9.78 Å². The summed E-state index contributed by atoms with van der Waals surface area (Å²) < 4.78 is 0. The zero-order chi connectivity index (χ0) is 14.8. The van der Waals surface area contributed by atoms with E-state index in [0.717, 1.165) is 29.4 Å². The van der Waals surface area contributed by atoms with Crippen molar-refractivity contribution >= 4 is 22.4 Å². The highest BCUT2D eigenvalue weighted by atomic mass is 32.1. The van der Waals surface area contributed by atoms with Crippen molar-refractivity contribution in [2.24, 2.45) is 5.92 Å². The van der Waals surface area contributed by atoms with Gasteiger partial charge in [-0.15, -0.1) is 11.3 Å². The Hall–Kier alpha value is -1.95. The molecule has 2 heterocycles. The van der Waals surface area contributed by atoms with E-state index in [-0.39, 0.29) is 11.9 Å². The molecule has 5 nitrogen and oxygen atoms in total. The van der Waals surface area contributed by atoms with Crippen LogP contribution in [0.15, 0.2) is 23.6 Å². The summed E-state index contributed by atoms with van der Waals surface area (Å²) in [5.74, 6) is 0.360. The first-order valence-corrected chi connectivity index (χ1v) is 7.93. The predicted molar refractivity (Wildman–Crippen MR) is 83.6 cm³/mol. The minimum atomic E-state index is -0.132. The number of nitrogens with zero attached hydrogens (tertiary/aromatic N) is 2. The highest BCUT2D eigenvalue weighted by Crippen LogP contribution is 2.40. The normalized spacial score (nSPS) is 15.5. The minimum Gasteiger partial charge on any atom is -0.365 e. The van der Waals surface area contributed by atoms with Crippen molar-refractivity contribution in [3.05, 3.63) is 40.7 Å². The van der Waals surface area contributed by atoms with E-state index in [2.05, 4.69) is 20.6 Å². The van der Waals surface area contributed by atoms with Gasteiger partial charge in [0.05, 0.1) is 11.7 Å². The number of hydrogen-bond donors (Lipinski definition) is 2. The van der Waals surface area contributed by atoms with Gasteiger partial charge in [-0.2, -0.15) is 0 Å². The second-order valence-electron chi connectivity index (χ2n) is 5.28. The topological polar surface area (TPSA) is 66.9 Å². The number of anilines is 1. The summed E-state index contributed by atoms with van der Waals surface area (Å²) in [6.07, 6.45) is 2.28. The number of amides is 1. The van der Waals surface area contributed by atoms with Crippen LogP contribution in [0.25, 0.3) is 0 Å². The van der Waals surface area contributed by atoms with Crippen LogP contribution in [-0.4, -0.2) is 22.9 Å². The highest BCUT2D eigenvalue weighted by Gasteiger charge is 2.34. The number of aromatic nitrogens is 2. The molecule has 0 saturated heterocycles. The number of pyridine rings is 1. The number of thiazole rings is 1. The Morgan fingerprint density at radius 1 is 1.38 bits per heavy atom. The molecule has 1 aliphatic rings. The quantitative estimate of drug-likeness (QED) is 0.891. The van der Waals surface area contributed by atoms with Gasteiger partial charge in [-0.05, 0) is 37.8 Å². The molecular formula is C15H18N4OS. The number of rotatable bonds is 5. The van der Waals surface area contributed by atoms with Gasteiger partial charge in [0.1, 0.15) is 5.69 Å². The number of carbonyl (C=O) groups is 1. The summed E-state index contributed by atoms with van der Waals surface area (Å²) in [4.78, 5) is 21.2. The van der Waals surface area contributed by atoms with E-state index in [9.17, 15) is 4.79 Å². The van der Waals surface area contributed by atoms with E-state index in [0.29, 0.717) is 11.6 Å². The van der Waals surface area contributed by atoms with Crippen LogP contribution in [0.3, 0.4) is 0 Å². The van der Waals surface area contributed by atoms with Crippen LogP contribution in [0.2, 0.25) is 0 Å². The zero-order valence-electron chi connectivity index (χ0n) is 12.1. The highest BCUT2D eigenvalue weighted by molar-refractivity contribution is 7.13. The van der Waals surface area contributed by atoms with Crippen molar-refractivity contribution in [2.45, 2.75) is 25.8 Å².